The zero-order valence-corrected chi connectivity index (χ0v) is 12.9. The van der Waals surface area contributed by atoms with Crippen molar-refractivity contribution in [1.29, 1.82) is 0 Å². The van der Waals surface area contributed by atoms with Gasteiger partial charge in [-0.25, -0.2) is 4.98 Å². The summed E-state index contributed by atoms with van der Waals surface area (Å²) in [7, 11) is 0. The highest BCUT2D eigenvalue weighted by Gasteiger charge is 2.11. The number of aromatic nitrogens is 1. The third-order valence-corrected chi connectivity index (χ3v) is 3.71. The molecule has 1 aliphatic rings. The first-order chi connectivity index (χ1) is 10.3. The highest BCUT2D eigenvalue weighted by Crippen LogP contribution is 2.08. The number of amides is 1. The van der Waals surface area contributed by atoms with Gasteiger partial charge in [0.25, 0.3) is 5.91 Å². The van der Waals surface area contributed by atoms with E-state index >= 15 is 0 Å². The smallest absolute Gasteiger partial charge is 0.269 e. The number of carbonyl (C=O) groups excluding carboxylic acids is 1. The van der Waals surface area contributed by atoms with Crippen LogP contribution in [0.4, 0.5) is 5.69 Å². The molecule has 0 aromatic carbocycles. The van der Waals surface area contributed by atoms with Crippen LogP contribution in [-0.4, -0.2) is 48.5 Å². The number of pyridine rings is 1. The molecule has 2 rings (SSSR count). The number of anilines is 1. The highest BCUT2D eigenvalue weighted by molar-refractivity contribution is 5.92. The molecule has 1 aromatic heterocycles. The van der Waals surface area contributed by atoms with E-state index in [-0.39, 0.29) is 5.91 Å². The summed E-state index contributed by atoms with van der Waals surface area (Å²) in [6.45, 7) is 7.25. The Morgan fingerprint density at radius 3 is 2.76 bits per heavy atom. The first-order valence-electron chi connectivity index (χ1n) is 8.00. The number of hydrogen-bond acceptors (Lipinski definition) is 4. The predicted molar refractivity (Wildman–Crippen MR) is 85.6 cm³/mol. The van der Waals surface area contributed by atoms with Crippen LogP contribution in [0.2, 0.25) is 0 Å². The second-order valence-electron chi connectivity index (χ2n) is 5.52. The molecule has 1 fully saturated rings. The monoisotopic (exact) mass is 290 g/mol. The summed E-state index contributed by atoms with van der Waals surface area (Å²) >= 11 is 0. The maximum absolute atomic E-state index is 12.0. The molecule has 0 saturated carbocycles. The van der Waals surface area contributed by atoms with E-state index in [0.717, 1.165) is 31.6 Å². The molecule has 0 bridgehead atoms. The quantitative estimate of drug-likeness (QED) is 0.720. The first-order valence-corrected chi connectivity index (χ1v) is 8.00. The molecule has 1 aliphatic heterocycles. The molecule has 116 valence electrons. The first kappa shape index (κ1) is 15.8. The minimum absolute atomic E-state index is 0.0848. The van der Waals surface area contributed by atoms with Crippen molar-refractivity contribution in [3.05, 3.63) is 24.0 Å². The summed E-state index contributed by atoms with van der Waals surface area (Å²) in [6, 6.07) is 3.68. The fourth-order valence-electron chi connectivity index (χ4n) is 2.50. The number of nitrogens with one attached hydrogen (secondary N) is 2. The third kappa shape index (κ3) is 5.34. The topological polar surface area (TPSA) is 57.3 Å². The maximum atomic E-state index is 12.0. The molecule has 0 unspecified atom stereocenters. The number of rotatable bonds is 8. The fraction of sp³-hybridized carbons (Fsp3) is 0.625. The molecule has 21 heavy (non-hydrogen) atoms. The van der Waals surface area contributed by atoms with Gasteiger partial charge in [0.05, 0.1) is 11.9 Å². The largest absolute Gasteiger partial charge is 0.384 e. The summed E-state index contributed by atoms with van der Waals surface area (Å²) in [5.74, 6) is -0.0848. The van der Waals surface area contributed by atoms with Crippen molar-refractivity contribution < 1.29 is 4.79 Å². The fourth-order valence-corrected chi connectivity index (χ4v) is 2.50. The van der Waals surface area contributed by atoms with Crippen LogP contribution >= 0.6 is 0 Å². The Balaban J connectivity index is 1.67. The van der Waals surface area contributed by atoms with Gasteiger partial charge in [-0.15, -0.1) is 0 Å². The van der Waals surface area contributed by atoms with Crippen molar-refractivity contribution in [2.24, 2.45) is 0 Å². The lowest BCUT2D eigenvalue weighted by molar-refractivity contribution is 0.0947. The van der Waals surface area contributed by atoms with Gasteiger partial charge in [0.15, 0.2) is 0 Å². The predicted octanol–water partition coefficient (Wildman–Crippen LogP) is 2.12. The van der Waals surface area contributed by atoms with Crippen LogP contribution in [0.1, 0.15) is 43.1 Å². The van der Waals surface area contributed by atoms with Crippen LogP contribution in [0.15, 0.2) is 18.3 Å². The van der Waals surface area contributed by atoms with Crippen LogP contribution in [0.25, 0.3) is 0 Å². The third-order valence-electron chi connectivity index (χ3n) is 3.71. The van der Waals surface area contributed by atoms with Crippen molar-refractivity contribution >= 4 is 11.6 Å². The van der Waals surface area contributed by atoms with E-state index in [4.69, 9.17) is 0 Å². The lowest BCUT2D eigenvalue weighted by atomic mass is 10.3. The minimum atomic E-state index is -0.0848. The van der Waals surface area contributed by atoms with Crippen molar-refractivity contribution in [2.75, 3.05) is 38.0 Å². The van der Waals surface area contributed by atoms with E-state index in [2.05, 4.69) is 27.4 Å². The maximum Gasteiger partial charge on any atom is 0.269 e. The summed E-state index contributed by atoms with van der Waals surface area (Å²) in [6.07, 6.45) is 6.42. The van der Waals surface area contributed by atoms with Gasteiger partial charge in [-0.3, -0.25) is 4.79 Å². The van der Waals surface area contributed by atoms with Crippen LogP contribution < -0.4 is 10.6 Å². The average Bonchev–Trinajstić information content (AvgIpc) is 3.03. The van der Waals surface area contributed by atoms with Crippen LogP contribution in [0, 0.1) is 0 Å². The van der Waals surface area contributed by atoms with Gasteiger partial charge in [0.2, 0.25) is 0 Å². The van der Waals surface area contributed by atoms with Gasteiger partial charge in [0, 0.05) is 13.1 Å². The molecule has 1 aromatic rings. The zero-order valence-electron chi connectivity index (χ0n) is 12.9. The molecule has 2 N–H and O–H groups in total. The van der Waals surface area contributed by atoms with Gasteiger partial charge in [-0.2, -0.15) is 0 Å². The van der Waals surface area contributed by atoms with Gasteiger partial charge < -0.3 is 15.5 Å². The molecular formula is C16H26N4O. The molecule has 1 amide bonds. The van der Waals surface area contributed by atoms with Gasteiger partial charge in [0.1, 0.15) is 5.69 Å². The van der Waals surface area contributed by atoms with Crippen LogP contribution in [0.3, 0.4) is 0 Å². The Morgan fingerprint density at radius 2 is 2.10 bits per heavy atom. The normalized spacial score (nSPS) is 15.1. The Hall–Kier alpha value is -1.62. The Bertz CT molecular complexity index is 426. The number of hydrogen-bond donors (Lipinski definition) is 2. The van der Waals surface area contributed by atoms with Crippen LogP contribution in [0.5, 0.6) is 0 Å². The zero-order chi connectivity index (χ0) is 14.9. The molecule has 5 heteroatoms. The molecular weight excluding hydrogens is 264 g/mol. The molecule has 1 saturated heterocycles. The molecule has 0 aliphatic carbocycles. The SMILES string of the molecule is CCCNc1ccc(C(=O)NCCCN2CCCC2)nc1. The Morgan fingerprint density at radius 1 is 1.29 bits per heavy atom. The molecule has 2 heterocycles. The minimum Gasteiger partial charge on any atom is -0.384 e. The second-order valence-corrected chi connectivity index (χ2v) is 5.52. The van der Waals surface area contributed by atoms with E-state index in [1.165, 1.54) is 25.9 Å². The molecule has 0 atom stereocenters. The van der Waals surface area contributed by atoms with Gasteiger partial charge >= 0.3 is 0 Å². The Labute approximate surface area is 127 Å². The summed E-state index contributed by atoms with van der Waals surface area (Å²) in [4.78, 5) is 18.6. The molecule has 5 nitrogen and oxygen atoms in total. The summed E-state index contributed by atoms with van der Waals surface area (Å²) in [5.41, 5.74) is 1.45. The lowest BCUT2D eigenvalue weighted by Crippen LogP contribution is -2.29. The summed E-state index contributed by atoms with van der Waals surface area (Å²) in [5, 5.41) is 6.18. The average molecular weight is 290 g/mol. The Kier molecular flexibility index (Phi) is 6.47. The lowest BCUT2D eigenvalue weighted by Gasteiger charge is -2.14. The van der Waals surface area contributed by atoms with E-state index in [0.29, 0.717) is 12.2 Å². The highest BCUT2D eigenvalue weighted by atomic mass is 16.1. The van der Waals surface area contributed by atoms with Crippen molar-refractivity contribution in [3.8, 4) is 0 Å². The molecule has 0 spiro atoms. The van der Waals surface area contributed by atoms with E-state index < -0.39 is 0 Å². The standard InChI is InChI=1S/C16H26N4O/c1-2-8-17-14-6-7-15(19-13-14)16(21)18-9-5-12-20-10-3-4-11-20/h6-7,13,17H,2-5,8-12H2,1H3,(H,18,21). The van der Waals surface area contributed by atoms with Gasteiger partial charge in [-0.1, -0.05) is 6.92 Å². The van der Waals surface area contributed by atoms with Crippen molar-refractivity contribution in [1.82, 2.24) is 15.2 Å². The van der Waals surface area contributed by atoms with E-state index in [1.54, 1.807) is 12.3 Å². The number of nitrogens with zero attached hydrogens (tertiary/aromatic N) is 2. The van der Waals surface area contributed by atoms with E-state index in [1.807, 2.05) is 6.07 Å². The van der Waals surface area contributed by atoms with Gasteiger partial charge in [-0.05, 0) is 57.5 Å². The summed E-state index contributed by atoms with van der Waals surface area (Å²) < 4.78 is 0. The van der Waals surface area contributed by atoms with Crippen molar-refractivity contribution in [2.45, 2.75) is 32.6 Å². The van der Waals surface area contributed by atoms with Crippen molar-refractivity contribution in [3.63, 3.8) is 0 Å². The number of carbonyl (C=O) groups is 1. The van der Waals surface area contributed by atoms with Crippen LogP contribution in [-0.2, 0) is 0 Å². The van der Waals surface area contributed by atoms with E-state index in [9.17, 15) is 4.79 Å². The second kappa shape index (κ2) is 8.62. The number of likely N-dealkylation sites (tertiary alicyclic amines) is 1. The molecule has 0 radical (unpaired) electrons.